The maximum atomic E-state index is 9.77. The Kier molecular flexibility index (Phi) is 20.6. The second-order valence-corrected chi connectivity index (χ2v) is 2.73. The van der Waals surface area contributed by atoms with Gasteiger partial charge >= 0.3 is 100.0 Å². The van der Waals surface area contributed by atoms with E-state index in [1.165, 1.54) is 0 Å². The molecule has 0 aromatic rings. The molecule has 0 aromatic heterocycles. The summed E-state index contributed by atoms with van der Waals surface area (Å²) in [5, 5.41) is 16.0. The Bertz CT molecular complexity index is 367. The van der Waals surface area contributed by atoms with Crippen LogP contribution in [0.1, 0.15) is 0 Å². The van der Waals surface area contributed by atoms with Crippen LogP contribution in [0.25, 0.3) is 0 Å². The van der Waals surface area contributed by atoms with Gasteiger partial charge in [-0.05, 0) is 0 Å². The SMILES string of the molecule is C=O.O=C(O)OC1=NCCO1.O=C(O)OC1=NCCO1.[CaH2].[CaH2]. The van der Waals surface area contributed by atoms with Gasteiger partial charge in [0.05, 0.1) is 13.1 Å². The molecule has 120 valence electrons. The molecule has 0 saturated heterocycles. The summed E-state index contributed by atoms with van der Waals surface area (Å²) >= 11 is 0. The molecule has 0 fully saturated rings. The van der Waals surface area contributed by atoms with Crippen LogP contribution >= 0.6 is 0 Å². The number of carbonyl (C=O) groups is 3. The fourth-order valence-electron chi connectivity index (χ4n) is 0.904. The van der Waals surface area contributed by atoms with Gasteiger partial charge in [0.25, 0.3) is 0 Å². The van der Waals surface area contributed by atoms with Crippen molar-refractivity contribution in [2.75, 3.05) is 26.3 Å². The van der Waals surface area contributed by atoms with Crippen LogP contribution in [0.2, 0.25) is 0 Å². The van der Waals surface area contributed by atoms with Gasteiger partial charge in [-0.1, -0.05) is 0 Å². The molecule has 0 unspecified atom stereocenters. The molecule has 22 heavy (non-hydrogen) atoms. The Morgan fingerprint density at radius 2 is 1.23 bits per heavy atom. The van der Waals surface area contributed by atoms with Gasteiger partial charge in [-0.3, -0.25) is 0 Å². The van der Waals surface area contributed by atoms with Crippen LogP contribution in [0.3, 0.4) is 0 Å². The summed E-state index contributed by atoms with van der Waals surface area (Å²) in [5.41, 5.74) is 0. The first-order valence-corrected chi connectivity index (χ1v) is 5.03. The van der Waals surface area contributed by atoms with Crippen molar-refractivity contribution < 1.29 is 43.5 Å². The molecule has 0 bridgehead atoms. The zero-order valence-corrected chi connectivity index (χ0v) is 10.2. The van der Waals surface area contributed by atoms with Gasteiger partial charge in [-0.25, -0.2) is 19.6 Å². The summed E-state index contributed by atoms with van der Waals surface area (Å²) in [5.74, 6) is 0. The summed E-state index contributed by atoms with van der Waals surface area (Å²) in [4.78, 5) is 34.7. The molecule has 0 spiro atoms. The van der Waals surface area contributed by atoms with Crippen LogP contribution in [0, 0.1) is 0 Å². The number of carboxylic acid groups (broad SMARTS) is 2. The van der Waals surface area contributed by atoms with E-state index in [0.717, 1.165) is 0 Å². The van der Waals surface area contributed by atoms with Gasteiger partial charge in [-0.15, -0.1) is 0 Å². The van der Waals surface area contributed by atoms with E-state index >= 15 is 0 Å². The Labute approximate surface area is 184 Å². The maximum absolute atomic E-state index is 9.77. The predicted octanol–water partition coefficient (Wildman–Crippen LogP) is -1.88. The first-order valence-electron chi connectivity index (χ1n) is 5.03. The van der Waals surface area contributed by atoms with Crippen LogP contribution in [0.15, 0.2) is 9.98 Å². The average Bonchev–Trinajstić information content (AvgIpc) is 3.04. The molecular formula is C9H16Ca2N2O9. The molecule has 2 aliphatic rings. The van der Waals surface area contributed by atoms with Crippen LogP contribution < -0.4 is 0 Å². The molecule has 0 amide bonds. The normalized spacial score (nSPS) is 13.5. The Morgan fingerprint density at radius 3 is 1.41 bits per heavy atom. The van der Waals surface area contributed by atoms with E-state index in [2.05, 4.69) is 28.9 Å². The van der Waals surface area contributed by atoms with Crippen molar-refractivity contribution >= 4 is 107 Å². The number of nitrogens with zero attached hydrogens (tertiary/aromatic N) is 2. The number of ether oxygens (including phenoxy) is 4. The molecule has 0 saturated carbocycles. The molecule has 2 rings (SSSR count). The summed E-state index contributed by atoms with van der Waals surface area (Å²) in [6.07, 6.45) is -3.09. The zero-order chi connectivity index (χ0) is 15.4. The van der Waals surface area contributed by atoms with Gasteiger partial charge in [0.2, 0.25) is 0 Å². The Balaban J connectivity index is -0.000000273. The van der Waals surface area contributed by atoms with E-state index in [1.807, 2.05) is 6.79 Å². The van der Waals surface area contributed by atoms with Gasteiger partial charge in [0.1, 0.15) is 20.0 Å². The quantitative estimate of drug-likeness (QED) is 0.365. The fraction of sp³-hybridized carbons (Fsp3) is 0.444. The number of hydrogen-bond acceptors (Lipinski definition) is 9. The van der Waals surface area contributed by atoms with Gasteiger partial charge < -0.3 is 34.0 Å². The van der Waals surface area contributed by atoms with Crippen LogP contribution in [-0.4, -0.2) is 143 Å². The summed E-state index contributed by atoms with van der Waals surface area (Å²) < 4.78 is 17.3. The Hall–Kier alpha value is -0.331. The minimum absolute atomic E-state index is 0. The van der Waals surface area contributed by atoms with Crippen molar-refractivity contribution in [3.8, 4) is 0 Å². The van der Waals surface area contributed by atoms with Gasteiger partial charge in [0, 0.05) is 0 Å². The molecule has 0 atom stereocenters. The third-order valence-corrected chi connectivity index (χ3v) is 1.46. The second kappa shape index (κ2) is 17.0. The van der Waals surface area contributed by atoms with Gasteiger partial charge in [0.15, 0.2) is 0 Å². The molecule has 0 aliphatic carbocycles. The third-order valence-electron chi connectivity index (χ3n) is 1.46. The first kappa shape index (κ1) is 26.6. The van der Waals surface area contributed by atoms with Crippen molar-refractivity contribution in [2.45, 2.75) is 0 Å². The first-order chi connectivity index (χ1) is 9.58. The minimum atomic E-state index is -1.39. The molecule has 0 aromatic carbocycles. The van der Waals surface area contributed by atoms with E-state index in [4.69, 9.17) is 15.0 Å². The van der Waals surface area contributed by atoms with E-state index in [0.29, 0.717) is 26.3 Å². The zero-order valence-electron chi connectivity index (χ0n) is 10.2. The predicted molar refractivity (Wildman–Crippen MR) is 78.9 cm³/mol. The van der Waals surface area contributed by atoms with Gasteiger partial charge in [-0.2, -0.15) is 0 Å². The summed E-state index contributed by atoms with van der Waals surface area (Å²) in [6, 6.07) is 0. The van der Waals surface area contributed by atoms with Crippen LogP contribution in [-0.2, 0) is 23.7 Å². The van der Waals surface area contributed by atoms with Crippen molar-refractivity contribution in [1.29, 1.82) is 0 Å². The molecule has 2 aliphatic heterocycles. The number of hydrogen-bond donors (Lipinski definition) is 2. The Morgan fingerprint density at radius 1 is 0.909 bits per heavy atom. The van der Waals surface area contributed by atoms with Crippen LogP contribution in [0.4, 0.5) is 9.59 Å². The topological polar surface area (TPSA) is 153 Å². The number of rotatable bonds is 0. The van der Waals surface area contributed by atoms with E-state index in [-0.39, 0.29) is 87.6 Å². The average molecular weight is 376 g/mol. The van der Waals surface area contributed by atoms with Crippen molar-refractivity contribution in [2.24, 2.45) is 9.98 Å². The van der Waals surface area contributed by atoms with Crippen LogP contribution in [0.5, 0.6) is 0 Å². The number of aliphatic imine (C=N–C) groups is 2. The molecule has 2 N–H and O–H groups in total. The van der Waals surface area contributed by atoms with E-state index < -0.39 is 12.3 Å². The van der Waals surface area contributed by atoms with Crippen molar-refractivity contribution in [3.05, 3.63) is 0 Å². The molecule has 0 radical (unpaired) electrons. The second-order valence-electron chi connectivity index (χ2n) is 2.73. The molecular weight excluding hydrogens is 360 g/mol. The van der Waals surface area contributed by atoms with Crippen molar-refractivity contribution in [1.82, 2.24) is 0 Å². The fourth-order valence-corrected chi connectivity index (χ4v) is 0.904. The molecule has 11 nitrogen and oxygen atoms in total. The summed E-state index contributed by atoms with van der Waals surface area (Å²) in [7, 11) is 0. The third kappa shape index (κ3) is 14.6. The monoisotopic (exact) mass is 376 g/mol. The standard InChI is InChI=1S/2C4H5NO4.CH2O.2Ca.4H/c2*6-4(7)9-3-5-1-2-8-3;1-2;;;;;;/h2*1-2H2,(H,6,7);1H2;;;;;;. The van der Waals surface area contributed by atoms with E-state index in [1.54, 1.807) is 0 Å². The van der Waals surface area contributed by atoms with E-state index in [9.17, 15) is 9.59 Å². The molecule has 13 heteroatoms. The number of carbonyl (C=O) groups excluding carboxylic acids is 1. The molecule has 2 heterocycles. The van der Waals surface area contributed by atoms with Crippen molar-refractivity contribution in [3.63, 3.8) is 0 Å². The summed E-state index contributed by atoms with van der Waals surface area (Å²) in [6.45, 7) is 3.76.